The number of fused-ring (bicyclic) bond motifs is 1. The molecule has 0 bridgehead atoms. The second-order valence-corrected chi connectivity index (χ2v) is 6.44. The van der Waals surface area contributed by atoms with Crippen molar-refractivity contribution >= 4 is 5.82 Å². The van der Waals surface area contributed by atoms with Gasteiger partial charge in [0.1, 0.15) is 29.8 Å². The van der Waals surface area contributed by atoms with E-state index >= 15 is 0 Å². The van der Waals surface area contributed by atoms with Gasteiger partial charge < -0.3 is 10.5 Å². The Morgan fingerprint density at radius 3 is 2.73 bits per heavy atom. The van der Waals surface area contributed by atoms with Gasteiger partial charge in [0.05, 0.1) is 0 Å². The Balaban J connectivity index is 1.70. The van der Waals surface area contributed by atoms with E-state index in [0.717, 1.165) is 53.0 Å². The summed E-state index contributed by atoms with van der Waals surface area (Å²) in [5.74, 6) is 1.09. The van der Waals surface area contributed by atoms with Crippen molar-refractivity contribution in [2.45, 2.75) is 25.9 Å². The van der Waals surface area contributed by atoms with Gasteiger partial charge in [-0.1, -0.05) is 42.5 Å². The molecule has 1 aromatic heterocycles. The fraction of sp³-hybridized carbons (Fsp3) is 0.182. The summed E-state index contributed by atoms with van der Waals surface area (Å²) in [7, 11) is 0. The van der Waals surface area contributed by atoms with Crippen molar-refractivity contribution in [2.75, 3.05) is 5.73 Å². The lowest BCUT2D eigenvalue weighted by Gasteiger charge is -2.14. The summed E-state index contributed by atoms with van der Waals surface area (Å²) in [6, 6.07) is 20.2. The van der Waals surface area contributed by atoms with Gasteiger partial charge in [-0.05, 0) is 48.1 Å². The highest BCUT2D eigenvalue weighted by atomic mass is 16.5. The Kier molecular flexibility index (Phi) is 4.28. The highest BCUT2D eigenvalue weighted by Gasteiger charge is 2.23. The van der Waals surface area contributed by atoms with Crippen molar-refractivity contribution in [3.63, 3.8) is 0 Å². The van der Waals surface area contributed by atoms with E-state index in [-0.39, 0.29) is 0 Å². The molecule has 4 rings (SSSR count). The quantitative estimate of drug-likeness (QED) is 0.769. The molecule has 0 unspecified atom stereocenters. The number of nitriles is 1. The van der Waals surface area contributed by atoms with Gasteiger partial charge in [-0.25, -0.2) is 4.98 Å². The molecule has 0 aliphatic heterocycles. The highest BCUT2D eigenvalue weighted by molar-refractivity contribution is 5.80. The standard InChI is InChI=1S/C22H19N3O/c23-13-19-21(18-10-5-11-20(18)25-22(19)24)16-8-4-9-17(12-16)26-14-15-6-2-1-3-7-15/h1-4,6-9,12H,5,10-11,14H2,(H2,24,25). The van der Waals surface area contributed by atoms with Crippen LogP contribution in [0.4, 0.5) is 5.82 Å². The zero-order valence-corrected chi connectivity index (χ0v) is 14.4. The van der Waals surface area contributed by atoms with Crippen molar-refractivity contribution in [3.8, 4) is 22.9 Å². The van der Waals surface area contributed by atoms with Gasteiger partial charge in [0.15, 0.2) is 0 Å². The van der Waals surface area contributed by atoms with Crippen LogP contribution in [0.3, 0.4) is 0 Å². The van der Waals surface area contributed by atoms with Gasteiger partial charge >= 0.3 is 0 Å². The largest absolute Gasteiger partial charge is 0.489 e. The molecule has 0 spiro atoms. The lowest BCUT2D eigenvalue weighted by atomic mass is 9.94. The predicted octanol–water partition coefficient (Wildman–Crippen LogP) is 4.27. The van der Waals surface area contributed by atoms with Crippen LogP contribution in [0.25, 0.3) is 11.1 Å². The molecule has 1 heterocycles. The van der Waals surface area contributed by atoms with Crippen molar-refractivity contribution < 1.29 is 4.74 Å². The number of ether oxygens (including phenoxy) is 1. The first-order valence-corrected chi connectivity index (χ1v) is 8.75. The van der Waals surface area contributed by atoms with E-state index in [0.29, 0.717) is 18.0 Å². The van der Waals surface area contributed by atoms with Crippen LogP contribution >= 0.6 is 0 Å². The third-order valence-electron chi connectivity index (χ3n) is 4.73. The molecular formula is C22H19N3O. The molecule has 2 aromatic carbocycles. The van der Waals surface area contributed by atoms with E-state index in [4.69, 9.17) is 10.5 Å². The van der Waals surface area contributed by atoms with Gasteiger partial charge in [0.2, 0.25) is 0 Å². The number of hydrogen-bond donors (Lipinski definition) is 1. The summed E-state index contributed by atoms with van der Waals surface area (Å²) in [5, 5.41) is 9.61. The van der Waals surface area contributed by atoms with Crippen molar-refractivity contribution in [1.29, 1.82) is 5.26 Å². The maximum Gasteiger partial charge on any atom is 0.142 e. The predicted molar refractivity (Wildman–Crippen MR) is 102 cm³/mol. The van der Waals surface area contributed by atoms with Crippen LogP contribution in [0.15, 0.2) is 54.6 Å². The summed E-state index contributed by atoms with van der Waals surface area (Å²) in [4.78, 5) is 4.43. The minimum absolute atomic E-state index is 0.318. The Morgan fingerprint density at radius 1 is 1.08 bits per heavy atom. The Labute approximate surface area is 152 Å². The van der Waals surface area contributed by atoms with E-state index in [1.807, 2.05) is 54.6 Å². The van der Waals surface area contributed by atoms with Crippen LogP contribution in [0, 0.1) is 11.3 Å². The Hall–Kier alpha value is -3.32. The molecule has 0 saturated heterocycles. The summed E-state index contributed by atoms with van der Waals surface area (Å²) in [5.41, 5.74) is 11.7. The average Bonchev–Trinajstić information content (AvgIpc) is 3.14. The van der Waals surface area contributed by atoms with Gasteiger partial charge in [-0.15, -0.1) is 0 Å². The van der Waals surface area contributed by atoms with E-state index < -0.39 is 0 Å². The number of nitrogens with zero attached hydrogens (tertiary/aromatic N) is 2. The molecule has 0 amide bonds. The highest BCUT2D eigenvalue weighted by Crippen LogP contribution is 2.37. The fourth-order valence-electron chi connectivity index (χ4n) is 3.51. The molecule has 1 aliphatic carbocycles. The molecule has 2 N–H and O–H groups in total. The monoisotopic (exact) mass is 341 g/mol. The minimum Gasteiger partial charge on any atom is -0.489 e. The van der Waals surface area contributed by atoms with Crippen molar-refractivity contribution in [3.05, 3.63) is 77.0 Å². The number of hydrogen-bond acceptors (Lipinski definition) is 4. The Bertz CT molecular complexity index is 990. The van der Waals surface area contributed by atoms with Crippen molar-refractivity contribution in [2.24, 2.45) is 0 Å². The topological polar surface area (TPSA) is 71.9 Å². The number of aromatic nitrogens is 1. The molecule has 4 heteroatoms. The Morgan fingerprint density at radius 2 is 1.92 bits per heavy atom. The van der Waals surface area contributed by atoms with Gasteiger partial charge in [-0.3, -0.25) is 0 Å². The summed E-state index contributed by atoms with van der Waals surface area (Å²) < 4.78 is 5.95. The van der Waals surface area contributed by atoms with Crippen LogP contribution in [0.2, 0.25) is 0 Å². The molecule has 1 aliphatic rings. The first kappa shape index (κ1) is 16.2. The molecular weight excluding hydrogens is 322 g/mol. The molecule has 0 radical (unpaired) electrons. The molecule has 0 saturated carbocycles. The number of nitrogen functional groups attached to an aromatic ring is 1. The van der Waals surface area contributed by atoms with Crippen LogP contribution in [0.1, 0.15) is 28.8 Å². The maximum absolute atomic E-state index is 9.61. The van der Waals surface area contributed by atoms with E-state index in [2.05, 4.69) is 11.1 Å². The van der Waals surface area contributed by atoms with Crippen LogP contribution < -0.4 is 10.5 Å². The number of aryl methyl sites for hydroxylation is 1. The van der Waals surface area contributed by atoms with Gasteiger partial charge in [-0.2, -0.15) is 5.26 Å². The lowest BCUT2D eigenvalue weighted by Crippen LogP contribution is -2.03. The van der Waals surface area contributed by atoms with Gasteiger partial charge in [0, 0.05) is 11.3 Å². The van der Waals surface area contributed by atoms with E-state index in [1.165, 1.54) is 0 Å². The summed E-state index contributed by atoms with van der Waals surface area (Å²) in [6.45, 7) is 0.506. The third-order valence-corrected chi connectivity index (χ3v) is 4.73. The SMILES string of the molecule is N#Cc1c(N)nc2c(c1-c1cccc(OCc3ccccc3)c1)CCC2. The summed E-state index contributed by atoms with van der Waals surface area (Å²) >= 11 is 0. The summed E-state index contributed by atoms with van der Waals surface area (Å²) in [6.07, 6.45) is 2.90. The first-order valence-electron chi connectivity index (χ1n) is 8.75. The third kappa shape index (κ3) is 3.00. The van der Waals surface area contributed by atoms with Crippen LogP contribution in [0.5, 0.6) is 5.75 Å². The van der Waals surface area contributed by atoms with Crippen LogP contribution in [-0.2, 0) is 19.4 Å². The van der Waals surface area contributed by atoms with E-state index in [9.17, 15) is 5.26 Å². The maximum atomic E-state index is 9.61. The molecule has 3 aromatic rings. The number of nitrogens with two attached hydrogens (primary N) is 1. The number of benzene rings is 2. The minimum atomic E-state index is 0.318. The molecule has 26 heavy (non-hydrogen) atoms. The molecule has 4 nitrogen and oxygen atoms in total. The second kappa shape index (κ2) is 6.89. The molecule has 128 valence electrons. The molecule has 0 atom stereocenters. The fourth-order valence-corrected chi connectivity index (χ4v) is 3.51. The van der Waals surface area contributed by atoms with Gasteiger partial charge in [0.25, 0.3) is 0 Å². The lowest BCUT2D eigenvalue weighted by molar-refractivity contribution is 0.306. The zero-order chi connectivity index (χ0) is 17.9. The smallest absolute Gasteiger partial charge is 0.142 e. The second-order valence-electron chi connectivity index (χ2n) is 6.44. The zero-order valence-electron chi connectivity index (χ0n) is 14.4. The number of pyridine rings is 1. The number of rotatable bonds is 4. The van der Waals surface area contributed by atoms with E-state index in [1.54, 1.807) is 0 Å². The van der Waals surface area contributed by atoms with Crippen LogP contribution in [-0.4, -0.2) is 4.98 Å². The van der Waals surface area contributed by atoms with Crippen molar-refractivity contribution in [1.82, 2.24) is 4.98 Å². The first-order chi connectivity index (χ1) is 12.8. The normalized spacial score (nSPS) is 12.4. The molecule has 0 fully saturated rings. The number of anilines is 1. The average molecular weight is 341 g/mol.